The van der Waals surface area contributed by atoms with Crippen LogP contribution in [0.3, 0.4) is 0 Å². The van der Waals surface area contributed by atoms with Crippen LogP contribution in [0.4, 0.5) is 0 Å². The first-order valence-corrected chi connectivity index (χ1v) is 12.3. The Bertz CT molecular complexity index is 1180. The molecule has 3 N–H and O–H groups in total. The maximum Gasteiger partial charge on any atom is 0.326 e. The van der Waals surface area contributed by atoms with Crippen LogP contribution in [0.15, 0.2) is 52.2 Å². The molecule has 0 aliphatic carbocycles. The van der Waals surface area contributed by atoms with Gasteiger partial charge in [-0.05, 0) is 35.9 Å². The highest BCUT2D eigenvalue weighted by atomic mass is 32.2. The fourth-order valence-electron chi connectivity index (χ4n) is 3.91. The lowest BCUT2D eigenvalue weighted by atomic mass is 9.96. The third-order valence-corrected chi connectivity index (χ3v) is 8.90. The molecule has 1 aliphatic heterocycles. The van der Waals surface area contributed by atoms with Crippen LogP contribution < -0.4 is 5.32 Å². The molecule has 0 radical (unpaired) electrons. The van der Waals surface area contributed by atoms with Gasteiger partial charge in [0.05, 0.1) is 0 Å². The van der Waals surface area contributed by atoms with E-state index in [2.05, 4.69) is 10.3 Å². The maximum atomic E-state index is 12.7. The monoisotopic (exact) mass is 461 g/mol. The van der Waals surface area contributed by atoms with Gasteiger partial charge in [0.25, 0.3) is 10.0 Å². The summed E-state index contributed by atoms with van der Waals surface area (Å²) in [6.07, 6.45) is 2.64. The Hall–Kier alpha value is -2.69. The van der Waals surface area contributed by atoms with Crippen molar-refractivity contribution in [3.05, 3.63) is 53.5 Å². The number of thiophene rings is 1. The number of nitrogens with one attached hydrogen (secondary N) is 2. The summed E-state index contributed by atoms with van der Waals surface area (Å²) in [4.78, 5) is 27.6. The standard InChI is InChI=1S/C21H23N3O5S2/c25-20(14-7-9-24(10-8-14)31(28,29)19-6-3-11-30-19)23-18(21(26)27)12-15-13-22-17-5-2-1-4-16(15)17/h1-6,11,13-14,18,22H,7-10,12H2,(H,23,25)(H,26,27)/t18-/m0/s1. The molecule has 1 atom stereocenters. The number of carboxylic acids is 1. The Morgan fingerprint density at radius 2 is 1.94 bits per heavy atom. The smallest absolute Gasteiger partial charge is 0.326 e. The molecule has 2 aromatic heterocycles. The van der Waals surface area contributed by atoms with Crippen molar-refractivity contribution < 1.29 is 23.1 Å². The third-order valence-electron chi connectivity index (χ3n) is 5.63. The molecule has 0 bridgehead atoms. The Kier molecular flexibility index (Phi) is 6.12. The summed E-state index contributed by atoms with van der Waals surface area (Å²) in [5, 5.41) is 14.9. The summed E-state index contributed by atoms with van der Waals surface area (Å²) in [7, 11) is -3.54. The molecule has 0 saturated carbocycles. The second kappa shape index (κ2) is 8.81. The van der Waals surface area contributed by atoms with Crippen LogP contribution in [0.25, 0.3) is 10.9 Å². The highest BCUT2D eigenvalue weighted by molar-refractivity contribution is 7.91. The zero-order chi connectivity index (χ0) is 22.0. The van der Waals surface area contributed by atoms with Crippen molar-refractivity contribution in [1.29, 1.82) is 0 Å². The number of sulfonamides is 1. The number of benzene rings is 1. The van der Waals surface area contributed by atoms with E-state index in [1.165, 1.54) is 15.6 Å². The number of hydrogen-bond donors (Lipinski definition) is 3. The lowest BCUT2D eigenvalue weighted by Gasteiger charge is -2.30. The molecule has 0 spiro atoms. The maximum absolute atomic E-state index is 12.7. The summed E-state index contributed by atoms with van der Waals surface area (Å²) in [5.41, 5.74) is 1.73. The lowest BCUT2D eigenvalue weighted by molar-refractivity contribution is -0.142. The topological polar surface area (TPSA) is 120 Å². The quantitative estimate of drug-likeness (QED) is 0.499. The largest absolute Gasteiger partial charge is 0.480 e. The van der Waals surface area contributed by atoms with Crippen LogP contribution in [-0.4, -0.2) is 53.8 Å². The number of carbonyl (C=O) groups excluding carboxylic acids is 1. The molecule has 164 valence electrons. The minimum absolute atomic E-state index is 0.163. The summed E-state index contributed by atoms with van der Waals surface area (Å²) in [6.45, 7) is 0.469. The number of fused-ring (bicyclic) bond motifs is 1. The van der Waals surface area contributed by atoms with Gasteiger partial charge in [-0.25, -0.2) is 13.2 Å². The van der Waals surface area contributed by atoms with Gasteiger partial charge in [-0.15, -0.1) is 11.3 Å². The van der Waals surface area contributed by atoms with Crippen molar-refractivity contribution in [3.8, 4) is 0 Å². The zero-order valence-corrected chi connectivity index (χ0v) is 18.3. The molecule has 1 fully saturated rings. The molecule has 1 amide bonds. The van der Waals surface area contributed by atoms with E-state index >= 15 is 0 Å². The number of amides is 1. The van der Waals surface area contributed by atoms with Gasteiger partial charge in [-0.3, -0.25) is 4.79 Å². The number of piperidine rings is 1. The van der Waals surface area contributed by atoms with E-state index in [0.717, 1.165) is 16.5 Å². The van der Waals surface area contributed by atoms with E-state index in [1.807, 2.05) is 24.3 Å². The van der Waals surface area contributed by atoms with Gasteiger partial charge in [-0.1, -0.05) is 24.3 Å². The van der Waals surface area contributed by atoms with Gasteiger partial charge in [0.2, 0.25) is 5.91 Å². The zero-order valence-electron chi connectivity index (χ0n) is 16.7. The predicted octanol–water partition coefficient (Wildman–Crippen LogP) is 2.44. The number of carbonyl (C=O) groups is 2. The number of aromatic nitrogens is 1. The molecule has 31 heavy (non-hydrogen) atoms. The molecule has 3 aromatic rings. The van der Waals surface area contributed by atoms with Crippen LogP contribution >= 0.6 is 11.3 Å². The molecule has 0 unspecified atom stereocenters. The molecular formula is C21H23N3O5S2. The first kappa shape index (κ1) is 21.5. The summed E-state index contributed by atoms with van der Waals surface area (Å²) in [6, 6.07) is 9.80. The van der Waals surface area contributed by atoms with Gasteiger partial charge in [0.15, 0.2) is 0 Å². The van der Waals surface area contributed by atoms with Crippen molar-refractivity contribution in [3.63, 3.8) is 0 Å². The van der Waals surface area contributed by atoms with Gasteiger partial charge < -0.3 is 15.4 Å². The number of nitrogens with zero attached hydrogens (tertiary/aromatic N) is 1. The molecule has 3 heterocycles. The fourth-order valence-corrected chi connectivity index (χ4v) is 6.52. The average molecular weight is 462 g/mol. The summed E-state index contributed by atoms with van der Waals surface area (Å²) < 4.78 is 26.9. The van der Waals surface area contributed by atoms with Crippen LogP contribution in [0.2, 0.25) is 0 Å². The number of aliphatic carboxylic acids is 1. The fraction of sp³-hybridized carbons (Fsp3) is 0.333. The molecule has 10 heteroatoms. The van der Waals surface area contributed by atoms with Gasteiger partial charge in [0.1, 0.15) is 10.3 Å². The summed E-state index contributed by atoms with van der Waals surface area (Å²) in [5.74, 6) is -1.86. The third kappa shape index (κ3) is 4.51. The first-order chi connectivity index (χ1) is 14.9. The van der Waals surface area contributed by atoms with E-state index in [4.69, 9.17) is 0 Å². The van der Waals surface area contributed by atoms with E-state index in [1.54, 1.807) is 23.7 Å². The highest BCUT2D eigenvalue weighted by Gasteiger charge is 2.34. The van der Waals surface area contributed by atoms with Gasteiger partial charge in [-0.2, -0.15) is 4.31 Å². The van der Waals surface area contributed by atoms with E-state index < -0.39 is 28.0 Å². The molecule has 1 saturated heterocycles. The number of rotatable bonds is 7. The van der Waals surface area contributed by atoms with Crippen LogP contribution in [0.5, 0.6) is 0 Å². The van der Waals surface area contributed by atoms with Crippen LogP contribution in [0.1, 0.15) is 18.4 Å². The van der Waals surface area contributed by atoms with Crippen molar-refractivity contribution in [2.45, 2.75) is 29.5 Å². The molecule has 8 nitrogen and oxygen atoms in total. The van der Waals surface area contributed by atoms with Gasteiger partial charge >= 0.3 is 5.97 Å². The SMILES string of the molecule is O=C(N[C@@H](Cc1c[nH]c2ccccc12)C(=O)O)C1CCN(S(=O)(=O)c2cccs2)CC1. The Morgan fingerprint density at radius 1 is 1.19 bits per heavy atom. The number of carboxylic acid groups (broad SMARTS) is 1. The van der Waals surface area contributed by atoms with Gasteiger partial charge in [0, 0.05) is 42.5 Å². The van der Waals surface area contributed by atoms with Crippen LogP contribution in [0, 0.1) is 5.92 Å². The molecular weight excluding hydrogens is 438 g/mol. The Morgan fingerprint density at radius 3 is 2.61 bits per heavy atom. The summed E-state index contributed by atoms with van der Waals surface area (Å²) >= 11 is 1.17. The Labute approximate surface area is 183 Å². The van der Waals surface area contributed by atoms with E-state index in [0.29, 0.717) is 17.1 Å². The van der Waals surface area contributed by atoms with Crippen LogP contribution in [-0.2, 0) is 26.0 Å². The Balaban J connectivity index is 1.38. The molecule has 1 aromatic carbocycles. The molecule has 1 aliphatic rings. The van der Waals surface area contributed by atoms with E-state index in [-0.39, 0.29) is 25.4 Å². The number of para-hydroxylation sites is 1. The number of aromatic amines is 1. The number of H-pyrrole nitrogens is 1. The van der Waals surface area contributed by atoms with E-state index in [9.17, 15) is 23.1 Å². The van der Waals surface area contributed by atoms with Crippen molar-refractivity contribution in [2.24, 2.45) is 5.92 Å². The highest BCUT2D eigenvalue weighted by Crippen LogP contribution is 2.26. The minimum atomic E-state index is -3.54. The average Bonchev–Trinajstić information content (AvgIpc) is 3.44. The minimum Gasteiger partial charge on any atom is -0.480 e. The first-order valence-electron chi connectivity index (χ1n) is 9.98. The lowest BCUT2D eigenvalue weighted by Crippen LogP contribution is -2.48. The van der Waals surface area contributed by atoms with Crippen molar-refractivity contribution >= 4 is 44.1 Å². The number of hydrogen-bond acceptors (Lipinski definition) is 5. The normalized spacial score (nSPS) is 16.9. The van der Waals surface area contributed by atoms with Crippen molar-refractivity contribution in [2.75, 3.05) is 13.1 Å². The second-order valence-electron chi connectivity index (χ2n) is 7.57. The second-order valence-corrected chi connectivity index (χ2v) is 10.7. The molecule has 4 rings (SSSR count). The van der Waals surface area contributed by atoms with Crippen molar-refractivity contribution in [1.82, 2.24) is 14.6 Å². The predicted molar refractivity (Wildman–Crippen MR) is 117 cm³/mol.